The monoisotopic (exact) mass is 394 g/mol. The Hall–Kier alpha value is -1.93. The number of aliphatic imine (C=N–C) groups is 1. The van der Waals surface area contributed by atoms with E-state index in [9.17, 15) is 15.2 Å². The van der Waals surface area contributed by atoms with E-state index in [-0.39, 0.29) is 28.9 Å². The first-order valence-electron chi connectivity index (χ1n) is 9.05. The third kappa shape index (κ3) is 4.87. The molecular formula is C19H30N2O5Si. The lowest BCUT2D eigenvalue weighted by atomic mass is 9.84. The van der Waals surface area contributed by atoms with E-state index in [4.69, 9.17) is 9.16 Å². The molecule has 1 aromatic rings. The topological polar surface area (TPSA) is 94.2 Å². The first kappa shape index (κ1) is 21.4. The second-order valence-corrected chi connectivity index (χ2v) is 13.9. The number of phenols is 1. The summed E-state index contributed by atoms with van der Waals surface area (Å²) in [5.41, 5.74) is -0.362. The van der Waals surface area contributed by atoms with Gasteiger partial charge in [0.15, 0.2) is 8.32 Å². The van der Waals surface area contributed by atoms with Gasteiger partial charge < -0.3 is 14.3 Å². The number of rotatable bonds is 5. The van der Waals surface area contributed by atoms with E-state index in [0.29, 0.717) is 12.2 Å². The third-order valence-corrected chi connectivity index (χ3v) is 5.51. The molecule has 7 nitrogen and oxygen atoms in total. The Balaban J connectivity index is 2.49. The largest absolute Gasteiger partial charge is 0.507 e. The molecule has 8 heteroatoms. The average molecular weight is 395 g/mol. The van der Waals surface area contributed by atoms with Gasteiger partial charge in [0.2, 0.25) is 5.90 Å². The number of nitrogens with zero attached hydrogens (tertiary/aromatic N) is 2. The molecule has 0 amide bonds. The number of benzene rings is 1. The molecule has 1 aliphatic heterocycles. The fraction of sp³-hybridized carbons (Fsp3) is 0.632. The molecule has 0 unspecified atom stereocenters. The van der Waals surface area contributed by atoms with Gasteiger partial charge >= 0.3 is 0 Å². The second kappa shape index (κ2) is 6.90. The maximum Gasteiger partial charge on any atom is 0.270 e. The predicted octanol–water partition coefficient (Wildman–Crippen LogP) is 4.37. The van der Waals surface area contributed by atoms with Crippen molar-refractivity contribution in [2.45, 2.75) is 71.3 Å². The first-order chi connectivity index (χ1) is 12.1. The molecule has 150 valence electrons. The molecule has 1 aliphatic rings. The molecule has 0 fully saturated rings. The van der Waals surface area contributed by atoms with Crippen LogP contribution in [-0.2, 0) is 14.6 Å². The minimum absolute atomic E-state index is 0.0311. The molecule has 1 aromatic carbocycles. The molecule has 0 aromatic heterocycles. The molecule has 0 bridgehead atoms. The highest BCUT2D eigenvalue weighted by Gasteiger charge is 2.39. The van der Waals surface area contributed by atoms with Crippen molar-refractivity contribution >= 4 is 19.9 Å². The summed E-state index contributed by atoms with van der Waals surface area (Å²) in [5.74, 6) is 0.190. The maximum atomic E-state index is 11.4. The summed E-state index contributed by atoms with van der Waals surface area (Å²) in [7, 11) is -1.79. The van der Waals surface area contributed by atoms with Gasteiger partial charge in [-0.25, -0.2) is 4.99 Å². The van der Waals surface area contributed by atoms with Crippen LogP contribution in [0.2, 0.25) is 19.6 Å². The fourth-order valence-electron chi connectivity index (χ4n) is 3.19. The van der Waals surface area contributed by atoms with Gasteiger partial charge in [-0.05, 0) is 38.9 Å². The number of phenolic OH excluding ortho intramolecular Hbond substituents is 1. The van der Waals surface area contributed by atoms with Gasteiger partial charge in [0.1, 0.15) is 18.4 Å². The van der Waals surface area contributed by atoms with E-state index in [1.807, 2.05) is 34.6 Å². The summed E-state index contributed by atoms with van der Waals surface area (Å²) >= 11 is 0. The summed E-state index contributed by atoms with van der Waals surface area (Å²) in [6.45, 7) is 16.2. The predicted molar refractivity (Wildman–Crippen MR) is 108 cm³/mol. The van der Waals surface area contributed by atoms with E-state index < -0.39 is 24.3 Å². The van der Waals surface area contributed by atoms with Crippen LogP contribution in [-0.4, -0.2) is 42.5 Å². The van der Waals surface area contributed by atoms with Crippen LogP contribution < -0.4 is 0 Å². The quantitative estimate of drug-likeness (QED) is 0.454. The van der Waals surface area contributed by atoms with Crippen LogP contribution in [0.4, 0.5) is 5.69 Å². The molecule has 0 aliphatic carbocycles. The minimum Gasteiger partial charge on any atom is -0.507 e. The molecule has 1 N–H and O–H groups in total. The van der Waals surface area contributed by atoms with Crippen LogP contribution >= 0.6 is 0 Å². The maximum absolute atomic E-state index is 11.4. The average Bonchev–Trinajstić information content (AvgIpc) is 2.93. The van der Waals surface area contributed by atoms with Gasteiger partial charge in [0.05, 0.1) is 16.1 Å². The Kier molecular flexibility index (Phi) is 5.46. The highest BCUT2D eigenvalue weighted by atomic mass is 28.4. The number of ether oxygens (including phenoxy) is 1. The smallest absolute Gasteiger partial charge is 0.270 e. The Bertz CT molecular complexity index is 776. The van der Waals surface area contributed by atoms with Crippen molar-refractivity contribution in [2.24, 2.45) is 4.99 Å². The zero-order valence-electron chi connectivity index (χ0n) is 17.4. The molecule has 0 saturated carbocycles. The lowest BCUT2D eigenvalue weighted by molar-refractivity contribution is -0.385. The summed E-state index contributed by atoms with van der Waals surface area (Å²) < 4.78 is 12.0. The SMILES string of the molecule is CC(C)(C)c1cc([N+](=O)[O-])cc(C2=N[C@@H](C(C)(C)O[Si](C)(C)C)CO2)c1O. The Morgan fingerprint density at radius 2 is 1.85 bits per heavy atom. The number of nitro benzene ring substituents is 1. The van der Waals surface area contributed by atoms with E-state index >= 15 is 0 Å². The normalized spacial score (nSPS) is 18.2. The Morgan fingerprint density at radius 3 is 2.33 bits per heavy atom. The van der Waals surface area contributed by atoms with Crippen LogP contribution in [0.15, 0.2) is 17.1 Å². The van der Waals surface area contributed by atoms with Gasteiger partial charge in [0.25, 0.3) is 5.69 Å². The number of nitro groups is 1. The molecule has 1 heterocycles. The highest BCUT2D eigenvalue weighted by Crippen LogP contribution is 2.38. The van der Waals surface area contributed by atoms with E-state index in [1.165, 1.54) is 12.1 Å². The van der Waals surface area contributed by atoms with Gasteiger partial charge in [-0.2, -0.15) is 0 Å². The summed E-state index contributed by atoms with van der Waals surface area (Å²) in [6.07, 6.45) is 0. The van der Waals surface area contributed by atoms with Crippen molar-refractivity contribution < 1.29 is 19.2 Å². The Morgan fingerprint density at radius 1 is 1.26 bits per heavy atom. The molecule has 0 spiro atoms. The summed E-state index contributed by atoms with van der Waals surface area (Å²) in [4.78, 5) is 15.5. The standard InChI is InChI=1S/C19H30N2O5Si/c1-18(2,3)14-10-12(21(23)24)9-13(16(14)22)17-20-15(11-25-17)19(4,5)26-27(6,7)8/h9-10,15,22H,11H2,1-8H3/t15-/m1/s1. The van der Waals surface area contributed by atoms with E-state index in [2.05, 4.69) is 24.6 Å². The lowest BCUT2D eigenvalue weighted by Gasteiger charge is -2.35. The van der Waals surface area contributed by atoms with Crippen LogP contribution in [0.25, 0.3) is 0 Å². The van der Waals surface area contributed by atoms with Gasteiger partial charge in [-0.1, -0.05) is 20.8 Å². The molecule has 0 saturated heterocycles. The van der Waals surface area contributed by atoms with E-state index in [0.717, 1.165) is 0 Å². The highest BCUT2D eigenvalue weighted by molar-refractivity contribution is 6.69. The van der Waals surface area contributed by atoms with Crippen LogP contribution in [0.3, 0.4) is 0 Å². The Labute approximate surface area is 161 Å². The number of non-ortho nitro benzene ring substituents is 1. The van der Waals surface area contributed by atoms with Crippen molar-refractivity contribution in [1.82, 2.24) is 0 Å². The summed E-state index contributed by atoms with van der Waals surface area (Å²) in [6, 6.07) is 2.47. The summed E-state index contributed by atoms with van der Waals surface area (Å²) in [5, 5.41) is 22.1. The van der Waals surface area contributed by atoms with Crippen LogP contribution in [0.1, 0.15) is 45.7 Å². The molecule has 27 heavy (non-hydrogen) atoms. The van der Waals surface area contributed by atoms with Crippen molar-refractivity contribution in [2.75, 3.05) is 6.61 Å². The zero-order chi connectivity index (χ0) is 20.8. The zero-order valence-corrected chi connectivity index (χ0v) is 18.4. The van der Waals surface area contributed by atoms with Crippen molar-refractivity contribution in [3.8, 4) is 5.75 Å². The van der Waals surface area contributed by atoms with Gasteiger partial charge in [-0.15, -0.1) is 0 Å². The van der Waals surface area contributed by atoms with Gasteiger partial charge in [0, 0.05) is 17.7 Å². The minimum atomic E-state index is -1.79. The van der Waals surface area contributed by atoms with Crippen molar-refractivity contribution in [1.29, 1.82) is 0 Å². The third-order valence-electron chi connectivity index (χ3n) is 4.37. The fourth-order valence-corrected chi connectivity index (χ4v) is 4.91. The first-order valence-corrected chi connectivity index (χ1v) is 12.5. The second-order valence-electron chi connectivity index (χ2n) is 9.48. The molecule has 2 rings (SSSR count). The molecular weight excluding hydrogens is 364 g/mol. The van der Waals surface area contributed by atoms with Crippen LogP contribution in [0, 0.1) is 10.1 Å². The van der Waals surface area contributed by atoms with E-state index in [1.54, 1.807) is 0 Å². The lowest BCUT2D eigenvalue weighted by Crippen LogP contribution is -2.46. The van der Waals surface area contributed by atoms with Crippen LogP contribution in [0.5, 0.6) is 5.75 Å². The number of hydrogen-bond donors (Lipinski definition) is 1. The van der Waals surface area contributed by atoms with Crippen molar-refractivity contribution in [3.63, 3.8) is 0 Å². The number of hydrogen-bond acceptors (Lipinski definition) is 6. The molecule has 0 radical (unpaired) electrons. The van der Waals surface area contributed by atoms with Crippen molar-refractivity contribution in [3.05, 3.63) is 33.4 Å². The van der Waals surface area contributed by atoms with Gasteiger partial charge in [-0.3, -0.25) is 10.1 Å². The molecule has 1 atom stereocenters. The number of aromatic hydroxyl groups is 1.